The number of rotatable bonds is 0. The van der Waals surface area contributed by atoms with Crippen LogP contribution in [0, 0.1) is 10.8 Å². The topological polar surface area (TPSA) is 17.1 Å². The second-order valence-corrected chi connectivity index (χ2v) is 6.04. The second kappa shape index (κ2) is 3.33. The number of carbonyl (C=O) groups excluding carboxylic acids is 1. The van der Waals surface area contributed by atoms with E-state index in [1.165, 1.54) is 18.4 Å². The van der Waals surface area contributed by atoms with Crippen LogP contribution in [0.3, 0.4) is 0 Å². The maximum Gasteiger partial charge on any atom is 0.155 e. The molecule has 2 aliphatic rings. The van der Waals surface area contributed by atoms with E-state index in [1.807, 2.05) is 0 Å². The zero-order chi connectivity index (χ0) is 11.1. The number of carbonyl (C=O) groups is 1. The van der Waals surface area contributed by atoms with Crippen molar-refractivity contribution in [2.75, 3.05) is 0 Å². The van der Waals surface area contributed by atoms with Gasteiger partial charge in [-0.15, -0.1) is 0 Å². The largest absolute Gasteiger partial charge is 0.295 e. The smallest absolute Gasteiger partial charge is 0.155 e. The van der Waals surface area contributed by atoms with Crippen LogP contribution in [-0.2, 0) is 4.79 Å². The third-order valence-corrected chi connectivity index (χ3v) is 3.54. The summed E-state index contributed by atoms with van der Waals surface area (Å²) in [5, 5.41) is 0. The first kappa shape index (κ1) is 10.7. The van der Waals surface area contributed by atoms with Gasteiger partial charge in [-0.25, -0.2) is 0 Å². The molecule has 0 amide bonds. The van der Waals surface area contributed by atoms with E-state index in [0.29, 0.717) is 5.41 Å². The molecule has 1 nitrogen and oxygen atoms in total. The van der Waals surface area contributed by atoms with E-state index in [1.54, 1.807) is 6.08 Å². The Hall–Kier alpha value is -0.850. The highest BCUT2D eigenvalue weighted by molar-refractivity contribution is 5.90. The zero-order valence-electron chi connectivity index (χ0n) is 9.97. The molecule has 1 atom stereocenters. The van der Waals surface area contributed by atoms with Crippen LogP contribution in [0.15, 0.2) is 23.8 Å². The van der Waals surface area contributed by atoms with Crippen LogP contribution in [0.5, 0.6) is 0 Å². The number of allylic oxidation sites excluding steroid dienone is 4. The van der Waals surface area contributed by atoms with E-state index in [9.17, 15) is 4.79 Å². The van der Waals surface area contributed by atoms with E-state index in [4.69, 9.17) is 0 Å². The van der Waals surface area contributed by atoms with Crippen LogP contribution in [0.2, 0.25) is 0 Å². The summed E-state index contributed by atoms with van der Waals surface area (Å²) in [6, 6.07) is 0. The summed E-state index contributed by atoms with van der Waals surface area (Å²) in [6.07, 6.45) is 10.4. The molecule has 82 valence electrons. The van der Waals surface area contributed by atoms with Crippen molar-refractivity contribution in [3.63, 3.8) is 0 Å². The van der Waals surface area contributed by atoms with Gasteiger partial charge in [0.25, 0.3) is 0 Å². The maximum atomic E-state index is 11.2. The first-order valence-electron chi connectivity index (χ1n) is 5.81. The zero-order valence-corrected chi connectivity index (χ0v) is 9.97. The molecule has 0 saturated carbocycles. The summed E-state index contributed by atoms with van der Waals surface area (Å²) >= 11 is 0. The molecule has 1 unspecified atom stereocenters. The van der Waals surface area contributed by atoms with Crippen molar-refractivity contribution >= 4 is 5.78 Å². The monoisotopic (exact) mass is 204 g/mol. The van der Waals surface area contributed by atoms with Crippen LogP contribution in [0.1, 0.15) is 46.5 Å². The first-order valence-corrected chi connectivity index (χ1v) is 5.81. The summed E-state index contributed by atoms with van der Waals surface area (Å²) in [5.74, 6) is 0.287. The molecule has 0 aromatic heterocycles. The summed E-state index contributed by atoms with van der Waals surface area (Å²) in [4.78, 5) is 11.2. The fourth-order valence-electron chi connectivity index (χ4n) is 3.35. The average Bonchev–Trinajstić information content (AvgIpc) is 2.07. The van der Waals surface area contributed by atoms with E-state index in [2.05, 4.69) is 32.9 Å². The van der Waals surface area contributed by atoms with Gasteiger partial charge in [0, 0.05) is 11.8 Å². The second-order valence-electron chi connectivity index (χ2n) is 6.04. The van der Waals surface area contributed by atoms with E-state index < -0.39 is 0 Å². The van der Waals surface area contributed by atoms with Crippen molar-refractivity contribution in [3.8, 4) is 0 Å². The Morgan fingerprint density at radius 2 is 2.07 bits per heavy atom. The van der Waals surface area contributed by atoms with E-state index >= 15 is 0 Å². The Morgan fingerprint density at radius 1 is 1.33 bits per heavy atom. The molecular formula is C14H20O. The molecule has 0 radical (unpaired) electrons. The first-order chi connectivity index (χ1) is 6.91. The van der Waals surface area contributed by atoms with Gasteiger partial charge in [-0.05, 0) is 37.7 Å². The van der Waals surface area contributed by atoms with Crippen LogP contribution in [0.25, 0.3) is 0 Å². The predicted octanol–water partition coefficient (Wildman–Crippen LogP) is 3.66. The fourth-order valence-corrected chi connectivity index (χ4v) is 3.35. The lowest BCUT2D eigenvalue weighted by Crippen LogP contribution is -2.32. The van der Waals surface area contributed by atoms with Crippen molar-refractivity contribution in [1.82, 2.24) is 0 Å². The van der Waals surface area contributed by atoms with Crippen molar-refractivity contribution < 1.29 is 4.79 Å². The van der Waals surface area contributed by atoms with Gasteiger partial charge in [0.05, 0.1) is 0 Å². The van der Waals surface area contributed by atoms with Crippen molar-refractivity contribution in [3.05, 3.63) is 23.8 Å². The van der Waals surface area contributed by atoms with Gasteiger partial charge >= 0.3 is 0 Å². The highest BCUT2D eigenvalue weighted by Gasteiger charge is 2.38. The predicted molar refractivity (Wildman–Crippen MR) is 62.6 cm³/mol. The quantitative estimate of drug-likeness (QED) is 0.550. The minimum absolute atomic E-state index is 0.180. The standard InChI is InChI=1S/C14H20O/c1-11-8-13(2,3)10-14(9-11)6-4-12(15)5-7-14/h4,6,9H,5,7-8,10H2,1-3H3. The third kappa shape index (κ3) is 2.22. The Balaban J connectivity index is 2.33. The van der Waals surface area contributed by atoms with Crippen molar-refractivity contribution in [1.29, 1.82) is 0 Å². The molecule has 0 bridgehead atoms. The van der Waals surface area contributed by atoms with Gasteiger partial charge in [0.2, 0.25) is 0 Å². The molecule has 0 N–H and O–H groups in total. The fraction of sp³-hybridized carbons (Fsp3) is 0.643. The lowest BCUT2D eigenvalue weighted by Gasteiger charge is -2.42. The summed E-state index contributed by atoms with van der Waals surface area (Å²) < 4.78 is 0. The highest BCUT2D eigenvalue weighted by Crippen LogP contribution is 2.49. The van der Waals surface area contributed by atoms with Gasteiger partial charge in [-0.3, -0.25) is 4.79 Å². The highest BCUT2D eigenvalue weighted by atomic mass is 16.1. The van der Waals surface area contributed by atoms with Crippen LogP contribution in [0.4, 0.5) is 0 Å². The lowest BCUT2D eigenvalue weighted by molar-refractivity contribution is -0.115. The van der Waals surface area contributed by atoms with Crippen LogP contribution >= 0.6 is 0 Å². The van der Waals surface area contributed by atoms with Crippen LogP contribution in [-0.4, -0.2) is 5.78 Å². The van der Waals surface area contributed by atoms with Crippen molar-refractivity contribution in [2.45, 2.75) is 46.5 Å². The molecule has 15 heavy (non-hydrogen) atoms. The minimum atomic E-state index is 0.180. The average molecular weight is 204 g/mol. The maximum absolute atomic E-state index is 11.2. The molecule has 0 saturated heterocycles. The molecular weight excluding hydrogens is 184 g/mol. The Bertz CT molecular complexity index is 346. The van der Waals surface area contributed by atoms with E-state index in [-0.39, 0.29) is 11.2 Å². The molecule has 0 aromatic carbocycles. The summed E-state index contributed by atoms with van der Waals surface area (Å²) in [6.45, 7) is 6.87. The van der Waals surface area contributed by atoms with Crippen molar-refractivity contribution in [2.24, 2.45) is 10.8 Å². The number of hydrogen-bond donors (Lipinski definition) is 0. The third-order valence-electron chi connectivity index (χ3n) is 3.54. The van der Waals surface area contributed by atoms with Gasteiger partial charge < -0.3 is 0 Å². The molecule has 1 heteroatoms. The summed E-state index contributed by atoms with van der Waals surface area (Å²) in [7, 11) is 0. The summed E-state index contributed by atoms with van der Waals surface area (Å²) in [5.41, 5.74) is 2.04. The Morgan fingerprint density at radius 3 is 2.60 bits per heavy atom. The van der Waals surface area contributed by atoms with Crippen LogP contribution < -0.4 is 0 Å². The molecule has 0 aliphatic heterocycles. The van der Waals surface area contributed by atoms with Gasteiger partial charge in [-0.1, -0.05) is 31.6 Å². The number of hydrogen-bond acceptors (Lipinski definition) is 1. The molecule has 2 rings (SSSR count). The lowest BCUT2D eigenvalue weighted by atomic mass is 9.62. The number of ketones is 1. The van der Waals surface area contributed by atoms with E-state index in [0.717, 1.165) is 12.8 Å². The van der Waals surface area contributed by atoms with Gasteiger partial charge in [-0.2, -0.15) is 0 Å². The SMILES string of the molecule is CC1=CC2(C=CC(=O)CC2)CC(C)(C)C1. The molecule has 0 aromatic rings. The molecule has 1 spiro atoms. The van der Waals surface area contributed by atoms with Gasteiger partial charge in [0.15, 0.2) is 5.78 Å². The molecule has 2 aliphatic carbocycles. The Kier molecular flexibility index (Phi) is 2.37. The molecule has 0 heterocycles. The molecule has 0 fully saturated rings. The Labute approximate surface area is 92.3 Å². The minimum Gasteiger partial charge on any atom is -0.295 e. The van der Waals surface area contributed by atoms with Gasteiger partial charge in [0.1, 0.15) is 0 Å². The normalized spacial score (nSPS) is 34.3.